The molecule has 1 aromatic rings. The van der Waals surface area contributed by atoms with Gasteiger partial charge in [0.25, 0.3) is 0 Å². The SMILES string of the molecule is CC1CN(c2ccc3c(c2)N(C)C(=O)C3N)CCCO1. The number of nitrogens with zero attached hydrogens (tertiary/aromatic N) is 2. The monoisotopic (exact) mass is 275 g/mol. The van der Waals surface area contributed by atoms with E-state index in [1.54, 1.807) is 11.9 Å². The summed E-state index contributed by atoms with van der Waals surface area (Å²) in [5.41, 5.74) is 8.91. The molecule has 0 aromatic heterocycles. The van der Waals surface area contributed by atoms with Crippen LogP contribution in [0.1, 0.15) is 24.9 Å². The van der Waals surface area contributed by atoms with Gasteiger partial charge in [0.1, 0.15) is 6.04 Å². The Morgan fingerprint density at radius 2 is 2.20 bits per heavy atom. The van der Waals surface area contributed by atoms with Crippen molar-refractivity contribution in [3.05, 3.63) is 23.8 Å². The minimum Gasteiger partial charge on any atom is -0.377 e. The summed E-state index contributed by atoms with van der Waals surface area (Å²) in [5, 5.41) is 0. The smallest absolute Gasteiger partial charge is 0.248 e. The number of amides is 1. The zero-order valence-corrected chi connectivity index (χ0v) is 12.0. The second-order valence-corrected chi connectivity index (χ2v) is 5.60. The largest absolute Gasteiger partial charge is 0.377 e. The number of hydrogen-bond donors (Lipinski definition) is 1. The Kier molecular flexibility index (Phi) is 3.40. The van der Waals surface area contributed by atoms with E-state index < -0.39 is 6.04 Å². The van der Waals surface area contributed by atoms with E-state index in [9.17, 15) is 4.79 Å². The van der Waals surface area contributed by atoms with Gasteiger partial charge in [-0.05, 0) is 25.5 Å². The maximum Gasteiger partial charge on any atom is 0.248 e. The van der Waals surface area contributed by atoms with Crippen LogP contribution in [0.5, 0.6) is 0 Å². The van der Waals surface area contributed by atoms with Crippen molar-refractivity contribution in [2.45, 2.75) is 25.5 Å². The first-order chi connectivity index (χ1) is 9.58. The molecular weight excluding hydrogens is 254 g/mol. The molecule has 2 aliphatic rings. The number of rotatable bonds is 1. The molecule has 1 saturated heterocycles. The molecule has 5 nitrogen and oxygen atoms in total. The molecule has 20 heavy (non-hydrogen) atoms. The van der Waals surface area contributed by atoms with Gasteiger partial charge in [-0.2, -0.15) is 0 Å². The van der Waals surface area contributed by atoms with Gasteiger partial charge in [0, 0.05) is 38.0 Å². The van der Waals surface area contributed by atoms with E-state index in [2.05, 4.69) is 24.0 Å². The Labute approximate surface area is 119 Å². The average molecular weight is 275 g/mol. The van der Waals surface area contributed by atoms with Crippen LogP contribution in [-0.2, 0) is 9.53 Å². The molecule has 1 amide bonds. The van der Waals surface area contributed by atoms with Crippen molar-refractivity contribution < 1.29 is 9.53 Å². The normalized spacial score (nSPS) is 26.6. The summed E-state index contributed by atoms with van der Waals surface area (Å²) in [6, 6.07) is 5.59. The van der Waals surface area contributed by atoms with Crippen molar-refractivity contribution >= 4 is 17.3 Å². The van der Waals surface area contributed by atoms with Crippen LogP contribution in [0.2, 0.25) is 0 Å². The summed E-state index contributed by atoms with van der Waals surface area (Å²) >= 11 is 0. The number of nitrogens with two attached hydrogens (primary N) is 1. The van der Waals surface area contributed by atoms with Crippen molar-refractivity contribution in [3.8, 4) is 0 Å². The van der Waals surface area contributed by atoms with Gasteiger partial charge in [-0.15, -0.1) is 0 Å². The van der Waals surface area contributed by atoms with Crippen molar-refractivity contribution in [1.82, 2.24) is 0 Å². The summed E-state index contributed by atoms with van der Waals surface area (Å²) in [6.45, 7) is 4.76. The second kappa shape index (κ2) is 5.07. The molecule has 1 aromatic carbocycles. The lowest BCUT2D eigenvalue weighted by atomic mass is 10.1. The fraction of sp³-hybridized carbons (Fsp3) is 0.533. The van der Waals surface area contributed by atoms with E-state index >= 15 is 0 Å². The third-order valence-corrected chi connectivity index (χ3v) is 4.12. The maximum absolute atomic E-state index is 11.9. The summed E-state index contributed by atoms with van der Waals surface area (Å²) in [5.74, 6) is -0.0373. The van der Waals surface area contributed by atoms with Crippen LogP contribution in [0.15, 0.2) is 18.2 Å². The molecule has 2 N–H and O–H groups in total. The van der Waals surface area contributed by atoms with Gasteiger partial charge in [-0.25, -0.2) is 0 Å². The molecule has 108 valence electrons. The third kappa shape index (κ3) is 2.17. The third-order valence-electron chi connectivity index (χ3n) is 4.12. The van der Waals surface area contributed by atoms with Gasteiger partial charge in [0.2, 0.25) is 5.91 Å². The molecule has 2 atom stereocenters. The van der Waals surface area contributed by atoms with Crippen LogP contribution < -0.4 is 15.5 Å². The van der Waals surface area contributed by atoms with Gasteiger partial charge < -0.3 is 20.3 Å². The molecule has 2 aliphatic heterocycles. The maximum atomic E-state index is 11.9. The highest BCUT2D eigenvalue weighted by Gasteiger charge is 2.32. The Balaban J connectivity index is 1.91. The number of ether oxygens (including phenoxy) is 1. The number of anilines is 2. The Morgan fingerprint density at radius 1 is 1.40 bits per heavy atom. The van der Waals surface area contributed by atoms with E-state index in [4.69, 9.17) is 10.5 Å². The standard InChI is InChI=1S/C15H21N3O2/c1-10-9-18(6-3-7-20-10)11-4-5-12-13(8-11)17(2)15(19)14(12)16/h4-5,8,10,14H,3,6-7,9,16H2,1-2H3. The fourth-order valence-electron chi connectivity index (χ4n) is 2.97. The van der Waals surface area contributed by atoms with E-state index in [1.165, 1.54) is 0 Å². The van der Waals surface area contributed by atoms with Crippen molar-refractivity contribution in [2.75, 3.05) is 36.5 Å². The van der Waals surface area contributed by atoms with E-state index in [-0.39, 0.29) is 12.0 Å². The molecule has 2 heterocycles. The molecule has 0 radical (unpaired) electrons. The van der Waals surface area contributed by atoms with Crippen LogP contribution >= 0.6 is 0 Å². The quantitative estimate of drug-likeness (QED) is 0.838. The van der Waals surface area contributed by atoms with Gasteiger partial charge in [-0.1, -0.05) is 6.07 Å². The first-order valence-electron chi connectivity index (χ1n) is 7.11. The highest BCUT2D eigenvalue weighted by Crippen LogP contribution is 2.36. The Hall–Kier alpha value is -1.59. The van der Waals surface area contributed by atoms with E-state index in [1.807, 2.05) is 6.07 Å². The van der Waals surface area contributed by atoms with Crippen LogP contribution in [0, 0.1) is 0 Å². The highest BCUT2D eigenvalue weighted by atomic mass is 16.5. The first kappa shape index (κ1) is 13.4. The minimum atomic E-state index is -0.518. The van der Waals surface area contributed by atoms with E-state index in [0.29, 0.717) is 0 Å². The Morgan fingerprint density at radius 3 is 3.00 bits per heavy atom. The molecule has 2 unspecified atom stereocenters. The first-order valence-corrected chi connectivity index (χ1v) is 7.11. The van der Waals surface area contributed by atoms with Crippen molar-refractivity contribution in [2.24, 2.45) is 5.73 Å². The zero-order chi connectivity index (χ0) is 14.3. The lowest BCUT2D eigenvalue weighted by molar-refractivity contribution is -0.118. The molecule has 0 bridgehead atoms. The summed E-state index contributed by atoms with van der Waals surface area (Å²) in [6.07, 6.45) is 1.25. The van der Waals surface area contributed by atoms with Gasteiger partial charge >= 0.3 is 0 Å². The van der Waals surface area contributed by atoms with Gasteiger partial charge in [0.05, 0.1) is 11.8 Å². The summed E-state index contributed by atoms with van der Waals surface area (Å²) < 4.78 is 5.68. The molecule has 3 rings (SSSR count). The van der Waals surface area contributed by atoms with Crippen LogP contribution in [0.4, 0.5) is 11.4 Å². The van der Waals surface area contributed by atoms with Crippen LogP contribution in [0.3, 0.4) is 0 Å². The van der Waals surface area contributed by atoms with Gasteiger partial charge in [0.15, 0.2) is 0 Å². The topological polar surface area (TPSA) is 58.8 Å². The Bertz CT molecular complexity index is 532. The average Bonchev–Trinajstić information content (AvgIpc) is 2.64. The van der Waals surface area contributed by atoms with Crippen molar-refractivity contribution in [1.29, 1.82) is 0 Å². The predicted molar refractivity (Wildman–Crippen MR) is 79.0 cm³/mol. The zero-order valence-electron chi connectivity index (χ0n) is 12.0. The van der Waals surface area contributed by atoms with Gasteiger partial charge in [-0.3, -0.25) is 4.79 Å². The molecule has 0 spiro atoms. The number of likely N-dealkylation sites (N-methyl/N-ethyl adjacent to an activating group) is 1. The highest BCUT2D eigenvalue weighted by molar-refractivity contribution is 6.04. The number of benzene rings is 1. The summed E-state index contributed by atoms with van der Waals surface area (Å²) in [7, 11) is 1.78. The fourth-order valence-corrected chi connectivity index (χ4v) is 2.97. The van der Waals surface area contributed by atoms with E-state index in [0.717, 1.165) is 43.1 Å². The number of fused-ring (bicyclic) bond motifs is 1. The van der Waals surface area contributed by atoms with Crippen LogP contribution in [0.25, 0.3) is 0 Å². The number of hydrogen-bond acceptors (Lipinski definition) is 4. The number of carbonyl (C=O) groups is 1. The predicted octanol–water partition coefficient (Wildman–Crippen LogP) is 1.28. The second-order valence-electron chi connectivity index (χ2n) is 5.60. The lowest BCUT2D eigenvalue weighted by Crippen LogP contribution is -2.30. The molecule has 0 saturated carbocycles. The number of carbonyl (C=O) groups excluding carboxylic acids is 1. The molecule has 1 fully saturated rings. The summed E-state index contributed by atoms with van der Waals surface area (Å²) in [4.78, 5) is 15.9. The lowest BCUT2D eigenvalue weighted by Gasteiger charge is -2.25. The molecule has 0 aliphatic carbocycles. The molecule has 5 heteroatoms. The minimum absolute atomic E-state index is 0.0373. The molecular formula is C15H21N3O2. The van der Waals surface area contributed by atoms with Crippen LogP contribution in [-0.4, -0.2) is 38.8 Å². The van der Waals surface area contributed by atoms with Crippen molar-refractivity contribution in [3.63, 3.8) is 0 Å².